The number of benzene rings is 1. The molecule has 5 heteroatoms. The monoisotopic (exact) mass is 297 g/mol. The van der Waals surface area contributed by atoms with Crippen LogP contribution in [0.3, 0.4) is 0 Å². The second-order valence-corrected chi connectivity index (χ2v) is 6.60. The zero-order valence-corrected chi connectivity index (χ0v) is 13.0. The van der Waals surface area contributed by atoms with Gasteiger partial charge in [-0.3, -0.25) is 0 Å². The Labute approximate surface area is 130 Å². The van der Waals surface area contributed by atoms with Crippen molar-refractivity contribution in [2.24, 2.45) is 0 Å². The van der Waals surface area contributed by atoms with Crippen molar-refractivity contribution in [2.75, 3.05) is 25.4 Å². The van der Waals surface area contributed by atoms with E-state index in [0.29, 0.717) is 5.92 Å². The van der Waals surface area contributed by atoms with E-state index in [0.717, 1.165) is 17.5 Å². The summed E-state index contributed by atoms with van der Waals surface area (Å²) >= 11 is 0. The molecule has 1 aromatic heterocycles. The molecule has 2 aliphatic rings. The smallest absolute Gasteiger partial charge is 0.240 e. The molecule has 1 aromatic carbocycles. The summed E-state index contributed by atoms with van der Waals surface area (Å²) in [7, 11) is 0. The van der Waals surface area contributed by atoms with Crippen LogP contribution in [0.1, 0.15) is 49.1 Å². The van der Waals surface area contributed by atoms with E-state index >= 15 is 0 Å². The minimum absolute atomic E-state index is 0.257. The Morgan fingerprint density at radius 2 is 2.00 bits per heavy atom. The van der Waals surface area contributed by atoms with Crippen molar-refractivity contribution in [3.63, 3.8) is 0 Å². The van der Waals surface area contributed by atoms with Gasteiger partial charge in [0.2, 0.25) is 5.95 Å². The quantitative estimate of drug-likeness (QED) is 0.943. The molecule has 1 aliphatic heterocycles. The van der Waals surface area contributed by atoms with E-state index in [1.165, 1.54) is 62.9 Å². The van der Waals surface area contributed by atoms with Gasteiger partial charge in [0.1, 0.15) is 5.52 Å². The first kappa shape index (κ1) is 13.9. The topological polar surface area (TPSA) is 67.9 Å². The summed E-state index contributed by atoms with van der Waals surface area (Å²) < 4.78 is 0. The molecule has 1 atom stereocenters. The van der Waals surface area contributed by atoms with Crippen LogP contribution in [-0.2, 0) is 6.42 Å². The molecule has 1 saturated heterocycles. The van der Waals surface area contributed by atoms with Gasteiger partial charge in [0, 0.05) is 0 Å². The highest BCUT2D eigenvalue weighted by Crippen LogP contribution is 2.38. The Morgan fingerprint density at radius 3 is 2.86 bits per heavy atom. The molecule has 1 aliphatic carbocycles. The number of rotatable bonds is 3. The van der Waals surface area contributed by atoms with Crippen LogP contribution in [0, 0.1) is 0 Å². The number of piperidine rings is 1. The molecule has 2 heterocycles. The van der Waals surface area contributed by atoms with Crippen molar-refractivity contribution < 1.29 is 0 Å². The van der Waals surface area contributed by atoms with Crippen LogP contribution in [0.5, 0.6) is 0 Å². The Balaban J connectivity index is 1.53. The standard InChI is InChI=1S/C17H23N5/c18-17-19-15-7-6-13-12(4-5-14(13)16(15)20-21-17)8-11-22-9-2-1-3-10-22/h6-7,12H,1-5,8-11H2,(H2,18,19,21). The first-order chi connectivity index (χ1) is 10.8. The highest BCUT2D eigenvalue weighted by Gasteiger charge is 2.26. The molecule has 1 unspecified atom stereocenters. The number of hydrogen-bond acceptors (Lipinski definition) is 5. The molecular formula is C17H23N5. The first-order valence-electron chi connectivity index (χ1n) is 8.45. The molecule has 116 valence electrons. The van der Waals surface area contributed by atoms with Gasteiger partial charge in [-0.15, -0.1) is 10.2 Å². The summed E-state index contributed by atoms with van der Waals surface area (Å²) in [5, 5.41) is 8.23. The number of aromatic nitrogens is 3. The second-order valence-electron chi connectivity index (χ2n) is 6.60. The molecule has 0 bridgehead atoms. The van der Waals surface area contributed by atoms with Gasteiger partial charge >= 0.3 is 0 Å². The molecule has 22 heavy (non-hydrogen) atoms. The minimum Gasteiger partial charge on any atom is -0.366 e. The lowest BCUT2D eigenvalue weighted by Crippen LogP contribution is -2.31. The predicted octanol–water partition coefficient (Wildman–Crippen LogP) is 2.51. The number of nitrogens with two attached hydrogens (primary N) is 1. The van der Waals surface area contributed by atoms with Gasteiger partial charge in [-0.05, 0) is 74.8 Å². The van der Waals surface area contributed by atoms with Crippen LogP contribution in [0.25, 0.3) is 11.0 Å². The Hall–Kier alpha value is -1.75. The van der Waals surface area contributed by atoms with Crippen molar-refractivity contribution >= 4 is 17.0 Å². The molecule has 4 rings (SSSR count). The van der Waals surface area contributed by atoms with Crippen molar-refractivity contribution in [1.29, 1.82) is 0 Å². The van der Waals surface area contributed by atoms with Crippen molar-refractivity contribution in [3.8, 4) is 0 Å². The molecular weight excluding hydrogens is 274 g/mol. The van der Waals surface area contributed by atoms with E-state index < -0.39 is 0 Å². The normalized spacial score (nSPS) is 22.1. The summed E-state index contributed by atoms with van der Waals surface area (Å²) in [4.78, 5) is 6.92. The van der Waals surface area contributed by atoms with Crippen molar-refractivity contribution in [2.45, 2.75) is 44.4 Å². The van der Waals surface area contributed by atoms with E-state index in [4.69, 9.17) is 5.73 Å². The number of aryl methyl sites for hydroxylation is 1. The molecule has 0 radical (unpaired) electrons. The van der Waals surface area contributed by atoms with Crippen LogP contribution < -0.4 is 5.73 Å². The van der Waals surface area contributed by atoms with Gasteiger partial charge in [-0.1, -0.05) is 12.5 Å². The van der Waals surface area contributed by atoms with Crippen molar-refractivity contribution in [3.05, 3.63) is 23.3 Å². The minimum atomic E-state index is 0.257. The molecule has 0 spiro atoms. The average molecular weight is 297 g/mol. The van der Waals surface area contributed by atoms with E-state index in [-0.39, 0.29) is 5.95 Å². The summed E-state index contributed by atoms with van der Waals surface area (Å²) in [5.41, 5.74) is 10.3. The largest absolute Gasteiger partial charge is 0.366 e. The first-order valence-corrected chi connectivity index (χ1v) is 8.45. The lowest BCUT2D eigenvalue weighted by molar-refractivity contribution is 0.221. The van der Waals surface area contributed by atoms with Crippen LogP contribution in [-0.4, -0.2) is 39.7 Å². The Bertz CT molecular complexity index is 678. The number of nitrogens with zero attached hydrogens (tertiary/aromatic N) is 4. The van der Waals surface area contributed by atoms with E-state index in [2.05, 4.69) is 32.2 Å². The van der Waals surface area contributed by atoms with Crippen LogP contribution in [0.15, 0.2) is 12.1 Å². The lowest BCUT2D eigenvalue weighted by atomic mass is 9.96. The zero-order chi connectivity index (χ0) is 14.9. The second kappa shape index (κ2) is 5.80. The third-order valence-corrected chi connectivity index (χ3v) is 5.21. The Morgan fingerprint density at radius 1 is 1.14 bits per heavy atom. The summed E-state index contributed by atoms with van der Waals surface area (Å²) in [6, 6.07) is 4.29. The maximum absolute atomic E-state index is 5.64. The fourth-order valence-corrected chi connectivity index (χ4v) is 4.03. The molecule has 1 fully saturated rings. The lowest BCUT2D eigenvalue weighted by Gasteiger charge is -2.27. The molecule has 0 amide bonds. The molecule has 2 aromatic rings. The Kier molecular flexibility index (Phi) is 3.66. The van der Waals surface area contributed by atoms with E-state index in [1.54, 1.807) is 0 Å². The van der Waals surface area contributed by atoms with Gasteiger partial charge < -0.3 is 10.6 Å². The van der Waals surface area contributed by atoms with E-state index in [9.17, 15) is 0 Å². The summed E-state index contributed by atoms with van der Waals surface area (Å²) in [6.45, 7) is 3.80. The van der Waals surface area contributed by atoms with Gasteiger partial charge in [-0.2, -0.15) is 0 Å². The summed E-state index contributed by atoms with van der Waals surface area (Å²) in [5.74, 6) is 0.924. The van der Waals surface area contributed by atoms with Gasteiger partial charge in [0.25, 0.3) is 0 Å². The zero-order valence-electron chi connectivity index (χ0n) is 13.0. The van der Waals surface area contributed by atoms with Crippen LogP contribution >= 0.6 is 0 Å². The van der Waals surface area contributed by atoms with E-state index in [1.807, 2.05) is 0 Å². The third-order valence-electron chi connectivity index (χ3n) is 5.21. The number of anilines is 1. The molecule has 2 N–H and O–H groups in total. The number of hydrogen-bond donors (Lipinski definition) is 1. The number of nitrogen functional groups attached to an aromatic ring is 1. The van der Waals surface area contributed by atoms with Crippen LogP contribution in [0.2, 0.25) is 0 Å². The predicted molar refractivity (Wildman–Crippen MR) is 87.7 cm³/mol. The van der Waals surface area contributed by atoms with Gasteiger partial charge in [0.15, 0.2) is 0 Å². The van der Waals surface area contributed by atoms with Crippen LogP contribution in [0.4, 0.5) is 5.95 Å². The highest BCUT2D eigenvalue weighted by molar-refractivity contribution is 5.80. The maximum Gasteiger partial charge on any atom is 0.240 e. The fourth-order valence-electron chi connectivity index (χ4n) is 4.03. The third kappa shape index (κ3) is 2.54. The van der Waals surface area contributed by atoms with Crippen molar-refractivity contribution in [1.82, 2.24) is 20.1 Å². The molecule has 5 nitrogen and oxygen atoms in total. The number of fused-ring (bicyclic) bond motifs is 3. The SMILES string of the molecule is Nc1nnc2c3c(ccc2n1)C(CCN1CCCCC1)CC3. The fraction of sp³-hybridized carbons (Fsp3) is 0.588. The highest BCUT2D eigenvalue weighted by atomic mass is 15.2. The van der Waals surface area contributed by atoms with Gasteiger partial charge in [0.05, 0.1) is 5.52 Å². The summed E-state index contributed by atoms with van der Waals surface area (Å²) in [6.07, 6.45) is 7.73. The number of likely N-dealkylation sites (tertiary alicyclic amines) is 1. The maximum atomic E-state index is 5.64. The average Bonchev–Trinajstić information content (AvgIpc) is 2.97. The van der Waals surface area contributed by atoms with Gasteiger partial charge in [-0.25, -0.2) is 4.98 Å². The molecule has 0 saturated carbocycles.